The van der Waals surface area contributed by atoms with E-state index in [1.54, 1.807) is 0 Å². The zero-order valence-corrected chi connectivity index (χ0v) is 17.8. The molecule has 0 fully saturated rings. The molecule has 0 bridgehead atoms. The highest BCUT2D eigenvalue weighted by Crippen LogP contribution is 2.31. The van der Waals surface area contributed by atoms with Gasteiger partial charge in [0.05, 0.1) is 22.5 Å². The predicted octanol–water partition coefficient (Wildman–Crippen LogP) is 6.26. The molecule has 0 spiro atoms. The molecule has 0 heterocycles. The Labute approximate surface area is 170 Å². The molecule has 4 rings (SSSR count). The molecule has 150 valence electrons. The van der Waals surface area contributed by atoms with Crippen LogP contribution in [0.3, 0.4) is 0 Å². The zero-order valence-electron chi connectivity index (χ0n) is 16.8. The molecule has 28 heavy (non-hydrogen) atoms. The van der Waals surface area contributed by atoms with E-state index in [2.05, 4.69) is 42.5 Å². The molecule has 0 aliphatic heterocycles. The fourth-order valence-corrected chi connectivity index (χ4v) is 6.77. The topological polar surface area (TPSA) is 27.7 Å². The lowest BCUT2D eigenvalue weighted by molar-refractivity contribution is 0.141. The minimum atomic E-state index is -3.14. The molecule has 0 N–H and O–H groups in total. The molecular formula is C24H32O3Si. The Bertz CT molecular complexity index is 666. The second kappa shape index (κ2) is 9.51. The summed E-state index contributed by atoms with van der Waals surface area (Å²) in [6.45, 7) is 0. The Kier molecular flexibility index (Phi) is 6.58. The Morgan fingerprint density at radius 3 is 1.32 bits per heavy atom. The molecule has 3 aliphatic rings. The van der Waals surface area contributed by atoms with Gasteiger partial charge in [0.2, 0.25) is 0 Å². The Hall–Kier alpha value is -1.94. The van der Waals surface area contributed by atoms with E-state index < -0.39 is 8.80 Å². The van der Waals surface area contributed by atoms with Crippen molar-refractivity contribution in [2.24, 2.45) is 0 Å². The van der Waals surface area contributed by atoms with Crippen molar-refractivity contribution in [1.29, 1.82) is 0 Å². The first-order valence-electron chi connectivity index (χ1n) is 11.0. The first kappa shape index (κ1) is 19.4. The second-order valence-corrected chi connectivity index (χ2v) is 10.3. The smallest absolute Gasteiger partial charge is 0.484 e. The lowest BCUT2D eigenvalue weighted by atomic mass is 10.1. The predicted molar refractivity (Wildman–Crippen MR) is 115 cm³/mol. The summed E-state index contributed by atoms with van der Waals surface area (Å²) in [5, 5.41) is 1.06. The Balaban J connectivity index is 1.71. The van der Waals surface area contributed by atoms with Crippen molar-refractivity contribution in [1.82, 2.24) is 0 Å². The molecule has 4 heteroatoms. The summed E-state index contributed by atoms with van der Waals surface area (Å²) in [7, 11) is -3.14. The van der Waals surface area contributed by atoms with Crippen LogP contribution in [0.2, 0.25) is 0 Å². The van der Waals surface area contributed by atoms with Crippen molar-refractivity contribution < 1.29 is 13.3 Å². The van der Waals surface area contributed by atoms with Crippen molar-refractivity contribution in [3.8, 4) is 0 Å². The molecule has 0 amide bonds. The highest BCUT2D eigenvalue weighted by atomic mass is 28.4. The van der Waals surface area contributed by atoms with Crippen molar-refractivity contribution in [3.63, 3.8) is 0 Å². The van der Waals surface area contributed by atoms with Crippen molar-refractivity contribution in [2.75, 3.05) is 0 Å². The zero-order chi connectivity index (χ0) is 19.1. The van der Waals surface area contributed by atoms with Crippen molar-refractivity contribution in [2.45, 2.75) is 77.0 Å². The van der Waals surface area contributed by atoms with E-state index in [0.29, 0.717) is 0 Å². The molecule has 0 aromatic heterocycles. The largest absolute Gasteiger partial charge is 0.736 e. The van der Waals surface area contributed by atoms with Crippen LogP contribution in [-0.4, -0.2) is 8.80 Å². The molecule has 3 aliphatic carbocycles. The van der Waals surface area contributed by atoms with Gasteiger partial charge in [-0.3, -0.25) is 0 Å². The average molecular weight is 397 g/mol. The maximum atomic E-state index is 6.74. The van der Waals surface area contributed by atoms with E-state index in [1.165, 1.54) is 38.5 Å². The van der Waals surface area contributed by atoms with Gasteiger partial charge in [-0.2, -0.15) is 0 Å². The van der Waals surface area contributed by atoms with E-state index in [0.717, 1.165) is 61.0 Å². The van der Waals surface area contributed by atoms with Crippen molar-refractivity contribution in [3.05, 3.63) is 65.8 Å². The lowest BCUT2D eigenvalue weighted by Crippen LogP contribution is -2.56. The van der Waals surface area contributed by atoms with Crippen LogP contribution >= 0.6 is 0 Å². The van der Waals surface area contributed by atoms with Gasteiger partial charge in [0.1, 0.15) is 0 Å². The quantitative estimate of drug-likeness (QED) is 0.509. The van der Waals surface area contributed by atoms with Crippen LogP contribution in [0.15, 0.2) is 65.8 Å². The van der Waals surface area contributed by atoms with Crippen molar-refractivity contribution >= 4 is 14.0 Å². The van der Waals surface area contributed by atoms with E-state index in [-0.39, 0.29) is 0 Å². The first-order chi connectivity index (χ1) is 13.8. The highest BCUT2D eigenvalue weighted by molar-refractivity contribution is 6.76. The third-order valence-electron chi connectivity index (χ3n) is 5.67. The van der Waals surface area contributed by atoms with Gasteiger partial charge in [0.25, 0.3) is 0 Å². The summed E-state index contributed by atoms with van der Waals surface area (Å²) in [4.78, 5) is 0. The van der Waals surface area contributed by atoms with E-state index in [4.69, 9.17) is 13.3 Å². The maximum Gasteiger partial charge on any atom is 0.736 e. The number of rotatable bonds is 7. The summed E-state index contributed by atoms with van der Waals surface area (Å²) < 4.78 is 20.2. The molecule has 0 saturated heterocycles. The summed E-state index contributed by atoms with van der Waals surface area (Å²) in [6, 6.07) is 10.4. The summed E-state index contributed by atoms with van der Waals surface area (Å²) >= 11 is 0. The normalized spacial score (nSPS) is 20.5. The molecule has 1 aromatic carbocycles. The fourth-order valence-electron chi connectivity index (χ4n) is 4.10. The van der Waals surface area contributed by atoms with Gasteiger partial charge in [0.15, 0.2) is 0 Å². The summed E-state index contributed by atoms with van der Waals surface area (Å²) in [6.07, 6.45) is 20.2. The molecule has 3 nitrogen and oxygen atoms in total. The van der Waals surface area contributed by atoms with Gasteiger partial charge in [0, 0.05) is 19.3 Å². The number of benzene rings is 1. The van der Waals surface area contributed by atoms with Gasteiger partial charge in [-0.25, -0.2) is 0 Å². The third kappa shape index (κ3) is 4.91. The summed E-state index contributed by atoms with van der Waals surface area (Å²) in [5.41, 5.74) is 0. The number of allylic oxidation sites excluding steroid dienone is 6. The summed E-state index contributed by atoms with van der Waals surface area (Å²) in [5.74, 6) is 3.15. The van der Waals surface area contributed by atoms with Crippen LogP contribution in [0.4, 0.5) is 0 Å². The van der Waals surface area contributed by atoms with E-state index in [9.17, 15) is 0 Å². The standard InChI is InChI=1S/C24H32O3Si/c1-5-13-21(14-6-1)25-28(24-19-11-4-12-20-24,26-22-15-7-2-8-16-22)27-23-17-9-3-10-18-23/h4,11-13,15,17,19-20H,1-3,5-10,14,16,18H2. The van der Waals surface area contributed by atoms with Crippen LogP contribution in [0.1, 0.15) is 77.0 Å². The average Bonchev–Trinajstić information content (AvgIpc) is 2.76. The lowest BCUT2D eigenvalue weighted by Gasteiger charge is -2.34. The maximum absolute atomic E-state index is 6.74. The molecular weight excluding hydrogens is 364 g/mol. The van der Waals surface area contributed by atoms with Gasteiger partial charge in [-0.1, -0.05) is 30.3 Å². The fraction of sp³-hybridized carbons (Fsp3) is 0.500. The van der Waals surface area contributed by atoms with Crippen LogP contribution in [-0.2, 0) is 13.3 Å². The molecule has 0 atom stereocenters. The molecule has 0 unspecified atom stereocenters. The minimum absolute atomic E-state index is 0.979. The Morgan fingerprint density at radius 1 is 0.536 bits per heavy atom. The van der Waals surface area contributed by atoms with Crippen LogP contribution in [0, 0.1) is 0 Å². The van der Waals surface area contributed by atoms with Crippen LogP contribution in [0.5, 0.6) is 0 Å². The van der Waals surface area contributed by atoms with Gasteiger partial charge in [-0.05, 0) is 76.0 Å². The minimum Gasteiger partial charge on any atom is -0.484 e. The number of hydrogen-bond acceptors (Lipinski definition) is 3. The SMILES string of the molecule is C1=C(O[Si](OC2=CCCCC2)(OC2=CCCCC2)c2ccccc2)CCCC1. The Morgan fingerprint density at radius 2 is 0.964 bits per heavy atom. The van der Waals surface area contributed by atoms with Crippen LogP contribution in [0.25, 0.3) is 0 Å². The first-order valence-corrected chi connectivity index (χ1v) is 12.8. The molecule has 0 radical (unpaired) electrons. The van der Waals surface area contributed by atoms with Crippen LogP contribution < -0.4 is 5.19 Å². The highest BCUT2D eigenvalue weighted by Gasteiger charge is 2.53. The van der Waals surface area contributed by atoms with E-state index in [1.807, 2.05) is 6.07 Å². The third-order valence-corrected chi connectivity index (χ3v) is 8.30. The second-order valence-electron chi connectivity index (χ2n) is 7.98. The molecule has 0 saturated carbocycles. The van der Waals surface area contributed by atoms with Gasteiger partial charge < -0.3 is 13.3 Å². The van der Waals surface area contributed by atoms with Gasteiger partial charge in [-0.15, -0.1) is 0 Å². The van der Waals surface area contributed by atoms with E-state index >= 15 is 0 Å². The van der Waals surface area contributed by atoms with Gasteiger partial charge >= 0.3 is 8.80 Å². The monoisotopic (exact) mass is 396 g/mol. The number of hydrogen-bond donors (Lipinski definition) is 0. The molecule has 1 aromatic rings.